The van der Waals surface area contributed by atoms with Crippen molar-refractivity contribution >= 4 is 45.6 Å². The summed E-state index contributed by atoms with van der Waals surface area (Å²) in [5.41, 5.74) is 1.94. The molecule has 2 N–H and O–H groups in total. The summed E-state index contributed by atoms with van der Waals surface area (Å²) in [5, 5.41) is 6.17. The second-order valence-corrected chi connectivity index (χ2v) is 5.91. The highest BCUT2D eigenvalue weighted by Crippen LogP contribution is 2.30. The zero-order valence-electron chi connectivity index (χ0n) is 10.6. The van der Waals surface area contributed by atoms with Crippen molar-refractivity contribution in [2.75, 3.05) is 5.32 Å². The molecule has 1 aromatic carbocycles. The van der Waals surface area contributed by atoms with Crippen molar-refractivity contribution in [2.45, 2.75) is 0 Å². The van der Waals surface area contributed by atoms with E-state index in [0.717, 1.165) is 11.3 Å². The number of carbonyl (C=O) groups is 1. The highest BCUT2D eigenvalue weighted by Gasteiger charge is 2.12. The number of aromatic nitrogens is 2. The van der Waals surface area contributed by atoms with Gasteiger partial charge in [-0.3, -0.25) is 10.1 Å². The average molecular weight is 338 g/mol. The van der Waals surface area contributed by atoms with Crippen LogP contribution in [0.5, 0.6) is 0 Å². The summed E-state index contributed by atoms with van der Waals surface area (Å²) < 4.78 is 0. The van der Waals surface area contributed by atoms with Crippen LogP contribution in [0.15, 0.2) is 41.9 Å². The molecule has 0 unspecified atom stereocenters. The molecule has 1 amide bonds. The summed E-state index contributed by atoms with van der Waals surface area (Å²) in [5.74, 6) is -0.290. The quantitative estimate of drug-likeness (QED) is 0.727. The number of carbonyl (C=O) groups excluding carboxylic acids is 1. The van der Waals surface area contributed by atoms with Crippen LogP contribution < -0.4 is 5.32 Å². The molecule has 2 heterocycles. The maximum atomic E-state index is 12.0. The Kier molecular flexibility index (Phi) is 3.96. The van der Waals surface area contributed by atoms with Gasteiger partial charge in [-0.1, -0.05) is 41.4 Å². The van der Waals surface area contributed by atoms with E-state index in [1.165, 1.54) is 11.3 Å². The lowest BCUT2D eigenvalue weighted by molar-refractivity contribution is 0.102. The number of halogens is 2. The minimum Gasteiger partial charge on any atom is -0.356 e. The van der Waals surface area contributed by atoms with Gasteiger partial charge in [0.2, 0.25) is 0 Å². The van der Waals surface area contributed by atoms with Crippen LogP contribution in [0.1, 0.15) is 10.5 Å². The van der Waals surface area contributed by atoms with E-state index in [1.54, 1.807) is 18.3 Å². The van der Waals surface area contributed by atoms with Gasteiger partial charge in [0.25, 0.3) is 5.91 Å². The molecule has 0 saturated heterocycles. The first-order valence-corrected chi connectivity index (χ1v) is 7.63. The van der Waals surface area contributed by atoms with Crippen molar-refractivity contribution in [1.82, 2.24) is 9.97 Å². The van der Waals surface area contributed by atoms with Crippen molar-refractivity contribution in [3.63, 3.8) is 0 Å². The smallest absolute Gasteiger partial charge is 0.273 e. The molecule has 0 saturated carbocycles. The van der Waals surface area contributed by atoms with E-state index in [0.29, 0.717) is 20.9 Å². The van der Waals surface area contributed by atoms with Crippen LogP contribution in [0.2, 0.25) is 10.0 Å². The maximum Gasteiger partial charge on any atom is 0.273 e. The zero-order valence-corrected chi connectivity index (χ0v) is 12.9. The normalized spacial score (nSPS) is 10.6. The molecule has 4 nitrogen and oxygen atoms in total. The van der Waals surface area contributed by atoms with Gasteiger partial charge in [0.1, 0.15) is 5.69 Å². The summed E-state index contributed by atoms with van der Waals surface area (Å²) in [4.78, 5) is 19.1. The summed E-state index contributed by atoms with van der Waals surface area (Å²) in [6.45, 7) is 0. The number of hydrogen-bond acceptors (Lipinski definition) is 3. The topological polar surface area (TPSA) is 57.8 Å². The van der Waals surface area contributed by atoms with Crippen molar-refractivity contribution < 1.29 is 4.79 Å². The number of anilines is 1. The van der Waals surface area contributed by atoms with Crippen LogP contribution in [-0.2, 0) is 0 Å². The highest BCUT2D eigenvalue weighted by atomic mass is 35.5. The van der Waals surface area contributed by atoms with Crippen molar-refractivity contribution in [3.8, 4) is 11.3 Å². The molecule has 3 rings (SSSR count). The van der Waals surface area contributed by atoms with Crippen LogP contribution in [0.4, 0.5) is 5.13 Å². The van der Waals surface area contributed by atoms with E-state index in [4.69, 9.17) is 23.2 Å². The molecule has 3 aromatic rings. The number of nitrogens with one attached hydrogen (secondary N) is 2. The van der Waals surface area contributed by atoms with Gasteiger partial charge in [0.15, 0.2) is 5.13 Å². The Bertz CT molecular complexity index is 797. The second-order valence-electron chi connectivity index (χ2n) is 4.20. The molecular formula is C14H9Cl2N3OS. The summed E-state index contributed by atoms with van der Waals surface area (Å²) in [6, 6.07) is 8.98. The van der Waals surface area contributed by atoms with Crippen LogP contribution >= 0.6 is 34.5 Å². The monoisotopic (exact) mass is 337 g/mol. The van der Waals surface area contributed by atoms with Gasteiger partial charge in [-0.2, -0.15) is 0 Å². The molecule has 0 aliphatic carbocycles. The fourth-order valence-corrected chi connectivity index (χ4v) is 2.89. The second kappa shape index (κ2) is 5.89. The van der Waals surface area contributed by atoms with Gasteiger partial charge in [-0.15, -0.1) is 11.3 Å². The predicted octanol–water partition coefficient (Wildman–Crippen LogP) is 4.70. The van der Waals surface area contributed by atoms with E-state index >= 15 is 0 Å². The van der Waals surface area contributed by atoms with Crippen molar-refractivity contribution in [2.24, 2.45) is 0 Å². The molecule has 0 spiro atoms. The third-order valence-corrected chi connectivity index (χ3v) is 4.07. The highest BCUT2D eigenvalue weighted by molar-refractivity contribution is 7.14. The predicted molar refractivity (Wildman–Crippen MR) is 86.3 cm³/mol. The Labute approximate surface area is 134 Å². The molecule has 0 aliphatic heterocycles. The molecule has 0 bridgehead atoms. The standard InChI is InChI=1S/C14H9Cl2N3OS/c15-8-5-11(17-6-8)13(20)19-14-18-12(7-21-14)9-3-1-2-4-10(9)16/h1-7,17H,(H,18,19,20). The number of benzene rings is 1. The van der Waals surface area contributed by atoms with E-state index < -0.39 is 0 Å². The van der Waals surface area contributed by atoms with Gasteiger partial charge in [0.05, 0.1) is 10.7 Å². The van der Waals surface area contributed by atoms with Crippen LogP contribution in [-0.4, -0.2) is 15.9 Å². The summed E-state index contributed by atoms with van der Waals surface area (Å²) in [6.07, 6.45) is 1.55. The summed E-state index contributed by atoms with van der Waals surface area (Å²) in [7, 11) is 0. The van der Waals surface area contributed by atoms with Gasteiger partial charge < -0.3 is 4.98 Å². The number of rotatable bonds is 3. The lowest BCUT2D eigenvalue weighted by atomic mass is 10.2. The number of hydrogen-bond donors (Lipinski definition) is 2. The molecule has 0 radical (unpaired) electrons. The Morgan fingerprint density at radius 3 is 2.81 bits per heavy atom. The van der Waals surface area contributed by atoms with Gasteiger partial charge in [-0.05, 0) is 12.1 Å². The fraction of sp³-hybridized carbons (Fsp3) is 0. The van der Waals surface area contributed by atoms with Crippen molar-refractivity contribution in [3.05, 3.63) is 57.6 Å². The van der Waals surface area contributed by atoms with Crippen molar-refractivity contribution in [1.29, 1.82) is 0 Å². The third kappa shape index (κ3) is 3.10. The van der Waals surface area contributed by atoms with E-state index in [1.807, 2.05) is 23.6 Å². The molecule has 0 aliphatic rings. The Morgan fingerprint density at radius 1 is 1.29 bits per heavy atom. The van der Waals surface area contributed by atoms with Gasteiger partial charge in [0, 0.05) is 22.2 Å². The van der Waals surface area contributed by atoms with Gasteiger partial charge in [-0.25, -0.2) is 4.98 Å². The minimum atomic E-state index is -0.290. The Hall–Kier alpha value is -1.82. The van der Waals surface area contributed by atoms with Crippen LogP contribution in [0.3, 0.4) is 0 Å². The van der Waals surface area contributed by atoms with E-state index in [9.17, 15) is 4.79 Å². The van der Waals surface area contributed by atoms with Crippen LogP contribution in [0, 0.1) is 0 Å². The molecule has 2 aromatic heterocycles. The molecule has 0 fully saturated rings. The number of amides is 1. The largest absolute Gasteiger partial charge is 0.356 e. The number of nitrogens with zero attached hydrogens (tertiary/aromatic N) is 1. The Balaban J connectivity index is 1.80. The summed E-state index contributed by atoms with van der Waals surface area (Å²) >= 11 is 13.2. The van der Waals surface area contributed by atoms with E-state index in [2.05, 4.69) is 15.3 Å². The van der Waals surface area contributed by atoms with Gasteiger partial charge >= 0.3 is 0 Å². The first kappa shape index (κ1) is 14.1. The first-order chi connectivity index (χ1) is 10.1. The number of aromatic amines is 1. The number of thiazole rings is 1. The maximum absolute atomic E-state index is 12.0. The third-order valence-electron chi connectivity index (χ3n) is 2.77. The van der Waals surface area contributed by atoms with Crippen LogP contribution in [0.25, 0.3) is 11.3 Å². The lowest BCUT2D eigenvalue weighted by Crippen LogP contribution is -2.11. The molecular weight excluding hydrogens is 329 g/mol. The molecule has 21 heavy (non-hydrogen) atoms. The molecule has 106 valence electrons. The lowest BCUT2D eigenvalue weighted by Gasteiger charge is -2.00. The zero-order chi connectivity index (χ0) is 14.8. The average Bonchev–Trinajstić information content (AvgIpc) is 3.08. The number of H-pyrrole nitrogens is 1. The van der Waals surface area contributed by atoms with E-state index in [-0.39, 0.29) is 5.91 Å². The fourth-order valence-electron chi connectivity index (χ4n) is 1.79. The molecule has 0 atom stereocenters. The SMILES string of the molecule is O=C(Nc1nc(-c2ccccc2Cl)cs1)c1cc(Cl)c[nH]1. The first-order valence-electron chi connectivity index (χ1n) is 5.99. The Morgan fingerprint density at radius 2 is 2.10 bits per heavy atom. The minimum absolute atomic E-state index is 0.290. The molecule has 7 heteroatoms.